The average Bonchev–Trinajstić information content (AvgIpc) is 3.29. The summed E-state index contributed by atoms with van der Waals surface area (Å²) < 4.78 is 0.869. The Kier molecular flexibility index (Phi) is 15.7. The van der Waals surface area contributed by atoms with E-state index in [1.165, 1.54) is 22.3 Å². The van der Waals surface area contributed by atoms with Crippen molar-refractivity contribution in [1.29, 1.82) is 0 Å². The quantitative estimate of drug-likeness (QED) is 0.133. The molecule has 6 heteroatoms. The van der Waals surface area contributed by atoms with Gasteiger partial charge in [0.2, 0.25) is 0 Å². The minimum atomic E-state index is -0.0136. The monoisotopic (exact) mass is 949 g/mol. The molecule has 0 aliphatic rings. The molecule has 67 heavy (non-hydrogen) atoms. The largest absolute Gasteiger partial charge is 0.399 e. The zero-order chi connectivity index (χ0) is 48.6. The summed E-state index contributed by atoms with van der Waals surface area (Å²) in [6.07, 6.45) is 0. The van der Waals surface area contributed by atoms with E-state index in [1.54, 1.807) is 0 Å². The number of hydrogen-bond acceptors (Lipinski definition) is 5. The molecule has 344 valence electrons. The second kappa shape index (κ2) is 21.1. The molecule has 5 aromatic carbocycles. The van der Waals surface area contributed by atoms with E-state index >= 15 is 0 Å². The highest BCUT2D eigenvalue weighted by molar-refractivity contribution is 9.10. The van der Waals surface area contributed by atoms with Gasteiger partial charge in [-0.3, -0.25) is 4.90 Å². The first kappa shape index (κ1) is 50.1. The molecule has 2 N–H and O–H groups in total. The summed E-state index contributed by atoms with van der Waals surface area (Å²) in [5.74, 6) is 1.67. The van der Waals surface area contributed by atoms with E-state index < -0.39 is 0 Å². The molecule has 8 aromatic rings. The van der Waals surface area contributed by atoms with Crippen molar-refractivity contribution in [3.05, 3.63) is 209 Å². The van der Waals surface area contributed by atoms with E-state index in [-0.39, 0.29) is 21.7 Å². The first-order chi connectivity index (χ1) is 31.6. The van der Waals surface area contributed by atoms with Crippen LogP contribution >= 0.6 is 15.9 Å². The number of anilines is 4. The number of hydrogen-bond donors (Lipinski definition) is 1. The summed E-state index contributed by atoms with van der Waals surface area (Å²) in [6, 6.07) is 62.5. The second-order valence-electron chi connectivity index (χ2n) is 21.2. The lowest BCUT2D eigenvalue weighted by atomic mass is 9.80. The Morgan fingerprint density at radius 3 is 1.00 bits per heavy atom. The van der Waals surface area contributed by atoms with Gasteiger partial charge in [0.25, 0.3) is 0 Å². The third-order valence-electron chi connectivity index (χ3n) is 11.4. The maximum absolute atomic E-state index is 5.95. The Morgan fingerprint density at radius 2 is 0.672 bits per heavy atom. The summed E-state index contributed by atoms with van der Waals surface area (Å²) >= 11 is 3.35. The Hall–Kier alpha value is -6.37. The SMILES string of the molecule is Brc1cccc(-c2ccccc2)n1.CC(C)(C)c1cc(N(c2cccc(-c3ccccc3)n2)c2cccc(-c3ccccc3)n2)cc(C(C)(C)C)c1.CC(C)(C)c1cc(N)cc(C(C)(C)C)c1. The smallest absolute Gasteiger partial charge is 0.139 e. The fraction of sp³-hybridized carbons (Fsp3) is 0.262. The van der Waals surface area contributed by atoms with Crippen molar-refractivity contribution in [2.45, 2.75) is 105 Å². The van der Waals surface area contributed by atoms with Crippen molar-refractivity contribution in [2.24, 2.45) is 0 Å². The molecule has 0 fully saturated rings. The number of nitrogen functional groups attached to an aromatic ring is 1. The third-order valence-corrected chi connectivity index (χ3v) is 11.9. The van der Waals surface area contributed by atoms with Crippen LogP contribution in [0.5, 0.6) is 0 Å². The van der Waals surface area contributed by atoms with Crippen LogP contribution in [0.15, 0.2) is 187 Å². The van der Waals surface area contributed by atoms with E-state index in [0.29, 0.717) is 0 Å². The van der Waals surface area contributed by atoms with Gasteiger partial charge in [0.05, 0.1) is 17.1 Å². The first-order valence-electron chi connectivity index (χ1n) is 23.2. The van der Waals surface area contributed by atoms with E-state index in [2.05, 4.69) is 242 Å². The van der Waals surface area contributed by atoms with Gasteiger partial charge >= 0.3 is 0 Å². The lowest BCUT2D eigenvalue weighted by molar-refractivity contribution is 0.568. The topological polar surface area (TPSA) is 67.9 Å². The van der Waals surface area contributed by atoms with Gasteiger partial charge < -0.3 is 5.73 Å². The molecule has 5 nitrogen and oxygen atoms in total. The van der Waals surface area contributed by atoms with Crippen molar-refractivity contribution < 1.29 is 0 Å². The molecule has 8 rings (SSSR count). The Morgan fingerprint density at radius 1 is 0.358 bits per heavy atom. The van der Waals surface area contributed by atoms with Crippen LogP contribution < -0.4 is 10.6 Å². The molecule has 0 saturated heterocycles. The normalized spacial score (nSPS) is 11.7. The summed E-state index contributed by atoms with van der Waals surface area (Å²) in [4.78, 5) is 16.9. The van der Waals surface area contributed by atoms with Gasteiger partial charge in [0, 0.05) is 28.1 Å². The molecule has 0 aliphatic heterocycles. The molecule has 0 aliphatic carbocycles. The number of halogens is 1. The van der Waals surface area contributed by atoms with Crippen molar-refractivity contribution in [3.8, 4) is 33.8 Å². The number of nitrogens with two attached hydrogens (primary N) is 1. The van der Waals surface area contributed by atoms with Gasteiger partial charge in [0.1, 0.15) is 16.2 Å². The fourth-order valence-electron chi connectivity index (χ4n) is 7.32. The Labute approximate surface area is 409 Å². The van der Waals surface area contributed by atoms with Gasteiger partial charge in [-0.25, -0.2) is 15.0 Å². The predicted molar refractivity (Wildman–Crippen MR) is 291 cm³/mol. The summed E-state index contributed by atoms with van der Waals surface area (Å²) in [7, 11) is 0. The predicted octanol–water partition coefficient (Wildman–Crippen LogP) is 17.3. The number of pyridine rings is 3. The average molecular weight is 951 g/mol. The molecule has 0 saturated carbocycles. The summed E-state index contributed by atoms with van der Waals surface area (Å²) in [6.45, 7) is 26.9. The zero-order valence-corrected chi connectivity index (χ0v) is 43.2. The maximum Gasteiger partial charge on any atom is 0.139 e. The minimum absolute atomic E-state index is 0.0136. The number of benzene rings is 5. The molecule has 0 spiro atoms. The van der Waals surface area contributed by atoms with E-state index in [9.17, 15) is 0 Å². The summed E-state index contributed by atoms with van der Waals surface area (Å²) in [5, 5.41) is 0. The Bertz CT molecular complexity index is 2700. The summed E-state index contributed by atoms with van der Waals surface area (Å²) in [5.41, 5.74) is 19.5. The number of rotatable bonds is 6. The molecule has 0 atom stereocenters. The minimum Gasteiger partial charge on any atom is -0.399 e. The van der Waals surface area contributed by atoms with Crippen LogP contribution in [0.1, 0.15) is 105 Å². The van der Waals surface area contributed by atoms with Gasteiger partial charge in [-0.05, 0) is 121 Å². The standard InChI is InChI=1S/C36H37N3.C14H23N.C11H8BrN/c1-35(2,3)28-23-29(36(4,5)6)25-30(24-28)39(33-21-13-19-31(37-33)26-15-9-7-10-16-26)34-22-14-20-32(38-34)27-17-11-8-12-18-27;1-13(2,3)10-7-11(14(4,5)6)9-12(15)8-10;12-11-8-4-7-10(13-11)9-5-2-1-3-6-9/h7-25H,1-6H3;7-9H,15H2,1-6H3;1-8H. The molecule has 0 bridgehead atoms. The molecular weight excluding hydrogens is 883 g/mol. The lowest BCUT2D eigenvalue weighted by Gasteiger charge is -2.30. The molecular formula is C61H68BrN5. The van der Waals surface area contributed by atoms with Crippen LogP contribution in [0.4, 0.5) is 23.0 Å². The fourth-order valence-corrected chi connectivity index (χ4v) is 7.66. The number of aromatic nitrogens is 3. The highest BCUT2D eigenvalue weighted by Crippen LogP contribution is 2.40. The van der Waals surface area contributed by atoms with E-state index in [0.717, 1.165) is 61.4 Å². The van der Waals surface area contributed by atoms with Crippen molar-refractivity contribution in [1.82, 2.24) is 15.0 Å². The second-order valence-corrected chi connectivity index (χ2v) is 22.0. The van der Waals surface area contributed by atoms with Crippen LogP contribution in [-0.2, 0) is 21.7 Å². The molecule has 3 heterocycles. The van der Waals surface area contributed by atoms with Crippen molar-refractivity contribution in [2.75, 3.05) is 10.6 Å². The van der Waals surface area contributed by atoms with Crippen molar-refractivity contribution in [3.63, 3.8) is 0 Å². The molecule has 0 radical (unpaired) electrons. The van der Waals surface area contributed by atoms with Crippen LogP contribution in [0.25, 0.3) is 33.8 Å². The third kappa shape index (κ3) is 13.8. The maximum atomic E-state index is 5.95. The molecule has 0 amide bonds. The number of nitrogens with zero attached hydrogens (tertiary/aromatic N) is 4. The van der Waals surface area contributed by atoms with Gasteiger partial charge in [-0.15, -0.1) is 0 Å². The first-order valence-corrected chi connectivity index (χ1v) is 24.0. The van der Waals surface area contributed by atoms with Gasteiger partial charge in [-0.1, -0.05) is 204 Å². The highest BCUT2D eigenvalue weighted by atomic mass is 79.9. The van der Waals surface area contributed by atoms with Crippen LogP contribution in [0, 0.1) is 0 Å². The zero-order valence-electron chi connectivity index (χ0n) is 41.6. The van der Waals surface area contributed by atoms with Crippen LogP contribution in [-0.4, -0.2) is 15.0 Å². The van der Waals surface area contributed by atoms with Crippen molar-refractivity contribution >= 4 is 38.9 Å². The van der Waals surface area contributed by atoms with Crippen LogP contribution in [0.2, 0.25) is 0 Å². The Balaban J connectivity index is 0.000000214. The highest BCUT2D eigenvalue weighted by Gasteiger charge is 2.25. The van der Waals surface area contributed by atoms with E-state index in [1.807, 2.05) is 48.5 Å². The lowest BCUT2D eigenvalue weighted by Crippen LogP contribution is -2.20. The van der Waals surface area contributed by atoms with Gasteiger partial charge in [0.15, 0.2) is 0 Å². The van der Waals surface area contributed by atoms with E-state index in [4.69, 9.17) is 15.7 Å². The molecule has 0 unspecified atom stereocenters. The molecule has 3 aromatic heterocycles. The van der Waals surface area contributed by atoms with Gasteiger partial charge in [-0.2, -0.15) is 0 Å². The van der Waals surface area contributed by atoms with Crippen LogP contribution in [0.3, 0.4) is 0 Å².